The van der Waals surface area contributed by atoms with Gasteiger partial charge >= 0.3 is 0 Å². The van der Waals surface area contributed by atoms with E-state index in [2.05, 4.69) is 15.3 Å². The van der Waals surface area contributed by atoms with Gasteiger partial charge in [-0.05, 0) is 54.2 Å². The van der Waals surface area contributed by atoms with Crippen LogP contribution in [0.25, 0.3) is 11.4 Å². The van der Waals surface area contributed by atoms with Gasteiger partial charge in [-0.3, -0.25) is 0 Å². The molecule has 5 nitrogen and oxygen atoms in total. The summed E-state index contributed by atoms with van der Waals surface area (Å²) in [4.78, 5) is 0. The zero-order valence-electron chi connectivity index (χ0n) is 12.2. The van der Waals surface area contributed by atoms with Crippen molar-refractivity contribution in [3.8, 4) is 17.1 Å². The van der Waals surface area contributed by atoms with Gasteiger partial charge in [0, 0.05) is 10.6 Å². The van der Waals surface area contributed by atoms with Crippen molar-refractivity contribution in [2.24, 2.45) is 5.10 Å². The smallest absolute Gasteiger partial charge is 0.216 e. The van der Waals surface area contributed by atoms with E-state index in [4.69, 9.17) is 28.6 Å². The fraction of sp³-hybridized carbons (Fsp3) is 0.0625. The van der Waals surface area contributed by atoms with Gasteiger partial charge in [-0.15, -0.1) is 0 Å². The van der Waals surface area contributed by atoms with Crippen molar-refractivity contribution in [3.63, 3.8) is 0 Å². The van der Waals surface area contributed by atoms with Gasteiger partial charge in [-0.25, -0.2) is 5.10 Å². The molecular weight excluding hydrogens is 332 g/mol. The summed E-state index contributed by atoms with van der Waals surface area (Å²) in [5.41, 5.74) is 1.80. The van der Waals surface area contributed by atoms with Crippen LogP contribution in [0, 0.1) is 4.77 Å². The Hall–Kier alpha value is -2.44. The highest BCUT2D eigenvalue weighted by Gasteiger charge is 2.08. The van der Waals surface area contributed by atoms with E-state index in [1.165, 1.54) is 0 Å². The lowest BCUT2D eigenvalue weighted by Crippen LogP contribution is -1.95. The molecule has 3 aromatic rings. The van der Waals surface area contributed by atoms with Crippen LogP contribution in [0.1, 0.15) is 5.56 Å². The number of nitrogens with zero attached hydrogens (tertiary/aromatic N) is 3. The molecule has 1 heterocycles. The second-order valence-electron chi connectivity index (χ2n) is 4.69. The van der Waals surface area contributed by atoms with Crippen LogP contribution in [0.5, 0.6) is 5.75 Å². The van der Waals surface area contributed by atoms with E-state index < -0.39 is 0 Å². The van der Waals surface area contributed by atoms with Gasteiger partial charge in [-0.1, -0.05) is 23.7 Å². The number of aromatic nitrogens is 3. The molecule has 0 bridgehead atoms. The van der Waals surface area contributed by atoms with Crippen molar-refractivity contribution in [3.05, 3.63) is 63.9 Å². The zero-order chi connectivity index (χ0) is 16.2. The molecule has 0 radical (unpaired) electrons. The second kappa shape index (κ2) is 6.76. The molecule has 0 saturated carbocycles. The third-order valence-corrected chi connectivity index (χ3v) is 3.71. The van der Waals surface area contributed by atoms with Gasteiger partial charge in [0.05, 0.1) is 13.3 Å². The van der Waals surface area contributed by atoms with Crippen LogP contribution < -0.4 is 4.74 Å². The Morgan fingerprint density at radius 2 is 1.87 bits per heavy atom. The molecule has 23 heavy (non-hydrogen) atoms. The summed E-state index contributed by atoms with van der Waals surface area (Å²) in [6.07, 6.45) is 1.70. The maximum Gasteiger partial charge on any atom is 0.216 e. The van der Waals surface area contributed by atoms with E-state index in [-0.39, 0.29) is 0 Å². The number of hydrogen-bond donors (Lipinski definition) is 1. The predicted molar refractivity (Wildman–Crippen MR) is 93.8 cm³/mol. The van der Waals surface area contributed by atoms with Gasteiger partial charge in [0.25, 0.3) is 0 Å². The number of nitrogens with one attached hydrogen (secondary N) is 1. The number of benzene rings is 2. The zero-order valence-corrected chi connectivity index (χ0v) is 13.8. The molecule has 0 fully saturated rings. The Bertz CT molecular complexity index is 882. The minimum atomic E-state index is 0.418. The number of H-pyrrole nitrogens is 1. The van der Waals surface area contributed by atoms with Gasteiger partial charge in [0.1, 0.15) is 5.75 Å². The summed E-state index contributed by atoms with van der Waals surface area (Å²) in [6, 6.07) is 14.9. The number of ether oxygens (including phenoxy) is 1. The molecule has 0 aliphatic carbocycles. The summed E-state index contributed by atoms with van der Waals surface area (Å²) in [6.45, 7) is 0. The van der Waals surface area contributed by atoms with Crippen molar-refractivity contribution >= 4 is 30.0 Å². The maximum atomic E-state index is 5.87. The van der Waals surface area contributed by atoms with E-state index in [0.29, 0.717) is 15.6 Å². The fourth-order valence-electron chi connectivity index (χ4n) is 2.00. The van der Waals surface area contributed by atoms with Crippen molar-refractivity contribution in [2.45, 2.75) is 0 Å². The van der Waals surface area contributed by atoms with Crippen LogP contribution in [0.15, 0.2) is 53.6 Å². The fourth-order valence-corrected chi connectivity index (χ4v) is 2.30. The average Bonchev–Trinajstić information content (AvgIpc) is 2.95. The monoisotopic (exact) mass is 344 g/mol. The Morgan fingerprint density at radius 3 is 2.52 bits per heavy atom. The molecule has 3 rings (SSSR count). The summed E-state index contributed by atoms with van der Waals surface area (Å²) in [5.74, 6) is 1.40. The topological polar surface area (TPSA) is 55.2 Å². The molecule has 7 heteroatoms. The van der Waals surface area contributed by atoms with E-state index in [9.17, 15) is 0 Å². The summed E-state index contributed by atoms with van der Waals surface area (Å²) in [5, 5.41) is 12.1. The van der Waals surface area contributed by atoms with E-state index >= 15 is 0 Å². The van der Waals surface area contributed by atoms with Crippen LogP contribution >= 0.6 is 23.8 Å². The summed E-state index contributed by atoms with van der Waals surface area (Å²) < 4.78 is 7.15. The maximum absolute atomic E-state index is 5.87. The lowest BCUT2D eigenvalue weighted by molar-refractivity contribution is 0.415. The number of rotatable bonds is 4. The number of hydrogen-bond acceptors (Lipinski definition) is 4. The predicted octanol–water partition coefficient (Wildman–Crippen LogP) is 4.15. The first-order chi connectivity index (χ1) is 11.2. The van der Waals surface area contributed by atoms with E-state index in [1.54, 1.807) is 18.0 Å². The molecular formula is C16H13ClN4OS. The average molecular weight is 345 g/mol. The molecule has 0 saturated heterocycles. The van der Waals surface area contributed by atoms with Crippen LogP contribution in [0.2, 0.25) is 5.02 Å². The Morgan fingerprint density at radius 1 is 1.17 bits per heavy atom. The van der Waals surface area contributed by atoms with Crippen molar-refractivity contribution in [1.82, 2.24) is 14.9 Å². The van der Waals surface area contributed by atoms with Gasteiger partial charge < -0.3 is 4.74 Å². The molecule has 0 amide bonds. The first kappa shape index (κ1) is 15.5. The first-order valence-electron chi connectivity index (χ1n) is 6.79. The number of aromatic amines is 1. The van der Waals surface area contributed by atoms with Crippen molar-refractivity contribution < 1.29 is 4.74 Å². The second-order valence-corrected chi connectivity index (χ2v) is 5.51. The molecule has 0 unspecified atom stereocenters. The third kappa shape index (κ3) is 3.49. The molecule has 1 N–H and O–H groups in total. The molecule has 0 aliphatic heterocycles. The minimum Gasteiger partial charge on any atom is -0.497 e. The SMILES string of the molecule is COc1ccc(-c2n[nH]c(=S)n2/N=C/c2ccc(Cl)cc2)cc1. The molecule has 0 atom stereocenters. The Labute approximate surface area is 143 Å². The van der Waals surface area contributed by atoms with Crippen LogP contribution in [0.3, 0.4) is 0 Å². The van der Waals surface area contributed by atoms with Gasteiger partial charge in [0.2, 0.25) is 4.77 Å². The summed E-state index contributed by atoms with van der Waals surface area (Å²) >= 11 is 11.1. The highest BCUT2D eigenvalue weighted by molar-refractivity contribution is 7.71. The van der Waals surface area contributed by atoms with Gasteiger partial charge in [0.15, 0.2) is 5.82 Å². The van der Waals surface area contributed by atoms with Crippen LogP contribution in [-0.4, -0.2) is 28.2 Å². The van der Waals surface area contributed by atoms with Gasteiger partial charge in [-0.2, -0.15) is 14.9 Å². The highest BCUT2D eigenvalue weighted by atomic mass is 35.5. The normalized spacial score (nSPS) is 11.0. The van der Waals surface area contributed by atoms with E-state index in [1.807, 2.05) is 48.5 Å². The van der Waals surface area contributed by atoms with E-state index in [0.717, 1.165) is 16.9 Å². The quantitative estimate of drug-likeness (QED) is 0.571. The standard InChI is InChI=1S/C16H13ClN4OS/c1-22-14-8-4-12(5-9-14)15-19-20-16(23)21(15)18-10-11-2-6-13(17)7-3-11/h2-10H,1H3,(H,20,23)/b18-10+. The Kier molecular flexibility index (Phi) is 4.55. The molecule has 0 aliphatic rings. The molecule has 2 aromatic carbocycles. The first-order valence-corrected chi connectivity index (χ1v) is 7.58. The highest BCUT2D eigenvalue weighted by Crippen LogP contribution is 2.20. The lowest BCUT2D eigenvalue weighted by Gasteiger charge is -2.03. The number of halogens is 1. The summed E-state index contributed by atoms with van der Waals surface area (Å²) in [7, 11) is 1.63. The molecule has 116 valence electrons. The number of methoxy groups -OCH3 is 1. The molecule has 1 aromatic heterocycles. The largest absolute Gasteiger partial charge is 0.497 e. The third-order valence-electron chi connectivity index (χ3n) is 3.19. The Balaban J connectivity index is 1.95. The molecule has 0 spiro atoms. The van der Waals surface area contributed by atoms with Crippen molar-refractivity contribution in [1.29, 1.82) is 0 Å². The van der Waals surface area contributed by atoms with Crippen LogP contribution in [-0.2, 0) is 0 Å². The van der Waals surface area contributed by atoms with Crippen LogP contribution in [0.4, 0.5) is 0 Å². The lowest BCUT2D eigenvalue weighted by atomic mass is 10.2. The minimum absolute atomic E-state index is 0.418. The van der Waals surface area contributed by atoms with Crippen molar-refractivity contribution in [2.75, 3.05) is 7.11 Å².